The first-order chi connectivity index (χ1) is 18.8. The van der Waals surface area contributed by atoms with E-state index in [2.05, 4.69) is 11.8 Å². The van der Waals surface area contributed by atoms with Crippen molar-refractivity contribution in [2.75, 3.05) is 53.1 Å². The molecule has 2 aromatic rings. The van der Waals surface area contributed by atoms with Crippen molar-refractivity contribution in [3.63, 3.8) is 0 Å². The number of aliphatic hydroxyl groups is 1. The fraction of sp³-hybridized carbons (Fsp3) is 0.467. The molecule has 2 heterocycles. The summed E-state index contributed by atoms with van der Waals surface area (Å²) in [4.78, 5) is 30.5. The number of aliphatic hydroxyl groups excluding tert-OH is 1. The van der Waals surface area contributed by atoms with Crippen molar-refractivity contribution in [1.82, 2.24) is 9.80 Å². The molecule has 0 radical (unpaired) electrons. The summed E-state index contributed by atoms with van der Waals surface area (Å²) in [5.74, 6) is -0.771. The number of aromatic hydroxyl groups is 1. The van der Waals surface area contributed by atoms with Gasteiger partial charge in [0.2, 0.25) is 0 Å². The van der Waals surface area contributed by atoms with Crippen LogP contribution in [0.25, 0.3) is 5.76 Å². The molecular weight excluding hydrogens is 500 g/mol. The molecule has 4 rings (SSSR count). The Kier molecular flexibility index (Phi) is 9.48. The number of phenols is 1. The van der Waals surface area contributed by atoms with Gasteiger partial charge in [0.05, 0.1) is 38.5 Å². The van der Waals surface area contributed by atoms with E-state index in [1.165, 1.54) is 18.1 Å². The van der Waals surface area contributed by atoms with Gasteiger partial charge in [-0.1, -0.05) is 19.4 Å². The topological polar surface area (TPSA) is 109 Å². The number of morpholine rings is 1. The van der Waals surface area contributed by atoms with E-state index < -0.39 is 17.7 Å². The minimum Gasteiger partial charge on any atom is -0.507 e. The predicted octanol–water partition coefficient (Wildman–Crippen LogP) is 4.03. The lowest BCUT2D eigenvalue weighted by Gasteiger charge is -2.29. The Labute approximate surface area is 229 Å². The molecule has 2 aliphatic heterocycles. The van der Waals surface area contributed by atoms with Gasteiger partial charge in [-0.3, -0.25) is 14.5 Å². The smallest absolute Gasteiger partial charge is 0.295 e. The van der Waals surface area contributed by atoms with Crippen LogP contribution in [0.1, 0.15) is 48.9 Å². The Morgan fingerprint density at radius 3 is 2.51 bits per heavy atom. The van der Waals surface area contributed by atoms with Crippen molar-refractivity contribution in [1.29, 1.82) is 0 Å². The van der Waals surface area contributed by atoms with Gasteiger partial charge in [0.25, 0.3) is 11.7 Å². The molecule has 210 valence electrons. The molecule has 0 aromatic heterocycles. The highest BCUT2D eigenvalue weighted by Gasteiger charge is 2.46. The number of unbranched alkanes of at least 4 members (excludes halogenated alkanes) is 1. The highest BCUT2D eigenvalue weighted by Crippen LogP contribution is 2.42. The molecule has 9 nitrogen and oxygen atoms in total. The fourth-order valence-electron chi connectivity index (χ4n) is 5.05. The lowest BCUT2D eigenvalue weighted by Crippen LogP contribution is -2.38. The molecular formula is C30H38N2O7. The molecule has 1 atom stereocenters. The van der Waals surface area contributed by atoms with Crippen LogP contribution in [0.5, 0.6) is 17.2 Å². The van der Waals surface area contributed by atoms with Gasteiger partial charge in [-0.05, 0) is 61.2 Å². The summed E-state index contributed by atoms with van der Waals surface area (Å²) in [7, 11) is 1.44. The number of Topliss-reactive ketones (excluding diaryl/α,β-unsaturated/α-hetero) is 1. The molecule has 0 aliphatic carbocycles. The van der Waals surface area contributed by atoms with E-state index in [9.17, 15) is 19.8 Å². The molecule has 0 spiro atoms. The third kappa shape index (κ3) is 6.37. The summed E-state index contributed by atoms with van der Waals surface area (Å²) in [6.45, 7) is 8.68. The van der Waals surface area contributed by atoms with E-state index >= 15 is 0 Å². The Morgan fingerprint density at radius 2 is 1.82 bits per heavy atom. The number of hydrogen-bond acceptors (Lipinski definition) is 8. The number of amides is 1. The third-order valence-corrected chi connectivity index (χ3v) is 7.24. The second kappa shape index (κ2) is 13.0. The molecule has 2 fully saturated rings. The second-order valence-corrected chi connectivity index (χ2v) is 9.91. The highest BCUT2D eigenvalue weighted by molar-refractivity contribution is 6.46. The minimum atomic E-state index is -0.829. The summed E-state index contributed by atoms with van der Waals surface area (Å²) < 4.78 is 16.5. The number of phenolic OH excluding ortho intramolecular Hbond substituents is 1. The number of benzene rings is 2. The van der Waals surface area contributed by atoms with E-state index in [4.69, 9.17) is 14.2 Å². The number of carbonyl (C=O) groups excluding carboxylic acids is 2. The highest BCUT2D eigenvalue weighted by atomic mass is 16.5. The van der Waals surface area contributed by atoms with Crippen LogP contribution in [0.4, 0.5) is 0 Å². The first-order valence-electron chi connectivity index (χ1n) is 13.5. The van der Waals surface area contributed by atoms with Crippen LogP contribution in [0.2, 0.25) is 0 Å². The maximum atomic E-state index is 13.4. The summed E-state index contributed by atoms with van der Waals surface area (Å²) in [5, 5.41) is 21.6. The molecule has 2 aliphatic rings. The van der Waals surface area contributed by atoms with Crippen LogP contribution < -0.4 is 9.47 Å². The van der Waals surface area contributed by atoms with Gasteiger partial charge in [0.15, 0.2) is 11.5 Å². The molecule has 9 heteroatoms. The van der Waals surface area contributed by atoms with Crippen molar-refractivity contribution in [3.05, 3.63) is 58.7 Å². The SMILES string of the molecule is CCCCOc1ccc(/C(O)=C2\C(=O)C(=O)N(CCCN3CCOCC3)[C@H]2c2ccc(O)c(OC)c2)cc1C. The lowest BCUT2D eigenvalue weighted by atomic mass is 9.94. The van der Waals surface area contributed by atoms with Crippen molar-refractivity contribution in [2.24, 2.45) is 0 Å². The summed E-state index contributed by atoms with van der Waals surface area (Å²) in [5.41, 5.74) is 1.82. The summed E-state index contributed by atoms with van der Waals surface area (Å²) in [6.07, 6.45) is 2.61. The normalized spacial score (nSPS) is 19.5. The molecule has 0 unspecified atom stereocenters. The largest absolute Gasteiger partial charge is 0.507 e. The Bertz CT molecular complexity index is 1220. The molecule has 1 amide bonds. The molecule has 2 N–H and O–H groups in total. The van der Waals surface area contributed by atoms with Crippen LogP contribution in [-0.2, 0) is 14.3 Å². The van der Waals surface area contributed by atoms with Crippen molar-refractivity contribution < 1.29 is 34.0 Å². The Hall–Kier alpha value is -3.56. The fourth-order valence-corrected chi connectivity index (χ4v) is 5.05. The number of ether oxygens (including phenoxy) is 3. The number of nitrogens with zero attached hydrogens (tertiary/aromatic N) is 2. The number of hydrogen-bond donors (Lipinski definition) is 2. The van der Waals surface area contributed by atoms with Crippen LogP contribution in [-0.4, -0.2) is 84.8 Å². The van der Waals surface area contributed by atoms with Crippen LogP contribution in [0.15, 0.2) is 42.0 Å². The van der Waals surface area contributed by atoms with Gasteiger partial charge >= 0.3 is 0 Å². The minimum absolute atomic E-state index is 0.0122. The van der Waals surface area contributed by atoms with Crippen LogP contribution in [0, 0.1) is 6.92 Å². The van der Waals surface area contributed by atoms with Gasteiger partial charge in [0.1, 0.15) is 11.5 Å². The number of rotatable bonds is 11. The number of likely N-dealkylation sites (tertiary alicyclic amines) is 1. The molecule has 2 saturated heterocycles. The number of aryl methyl sites for hydroxylation is 1. The summed E-state index contributed by atoms with van der Waals surface area (Å²) in [6, 6.07) is 9.12. The zero-order valence-corrected chi connectivity index (χ0v) is 22.9. The Balaban J connectivity index is 1.68. The average molecular weight is 539 g/mol. The van der Waals surface area contributed by atoms with Gasteiger partial charge in [0, 0.05) is 31.7 Å². The zero-order chi connectivity index (χ0) is 27.9. The standard InChI is InChI=1S/C30H38N2O7/c1-4-5-15-39-24-10-8-22(18-20(24)2)28(34)26-27(21-7-9-23(33)25(19-21)37-3)32(30(36)29(26)35)12-6-11-31-13-16-38-17-14-31/h7-10,18-19,27,33-34H,4-6,11-17H2,1-3H3/b28-26+/t27-/m0/s1. The molecule has 0 saturated carbocycles. The summed E-state index contributed by atoms with van der Waals surface area (Å²) >= 11 is 0. The second-order valence-electron chi connectivity index (χ2n) is 9.91. The van der Waals surface area contributed by atoms with Gasteiger partial charge in [-0.15, -0.1) is 0 Å². The lowest BCUT2D eigenvalue weighted by molar-refractivity contribution is -0.140. The van der Waals surface area contributed by atoms with Gasteiger partial charge in [-0.2, -0.15) is 0 Å². The van der Waals surface area contributed by atoms with Crippen molar-refractivity contribution >= 4 is 17.4 Å². The molecule has 39 heavy (non-hydrogen) atoms. The van der Waals surface area contributed by atoms with Gasteiger partial charge in [-0.25, -0.2) is 0 Å². The Morgan fingerprint density at radius 1 is 1.05 bits per heavy atom. The maximum Gasteiger partial charge on any atom is 0.295 e. The number of carbonyl (C=O) groups is 2. The first kappa shape index (κ1) is 28.4. The third-order valence-electron chi connectivity index (χ3n) is 7.24. The van der Waals surface area contributed by atoms with Crippen molar-refractivity contribution in [2.45, 2.75) is 39.2 Å². The molecule has 0 bridgehead atoms. The van der Waals surface area contributed by atoms with Gasteiger partial charge < -0.3 is 29.3 Å². The van der Waals surface area contributed by atoms with Crippen molar-refractivity contribution in [3.8, 4) is 17.2 Å². The predicted molar refractivity (Wildman–Crippen MR) is 147 cm³/mol. The van der Waals surface area contributed by atoms with E-state index in [1.54, 1.807) is 30.3 Å². The van der Waals surface area contributed by atoms with Crippen LogP contribution >= 0.6 is 0 Å². The quantitative estimate of drug-likeness (QED) is 0.191. The first-order valence-corrected chi connectivity index (χ1v) is 13.5. The van der Waals surface area contributed by atoms with E-state index in [-0.39, 0.29) is 22.8 Å². The van der Waals surface area contributed by atoms with E-state index in [1.807, 2.05) is 6.92 Å². The zero-order valence-electron chi connectivity index (χ0n) is 22.9. The number of methoxy groups -OCH3 is 1. The number of ketones is 1. The molecule has 2 aromatic carbocycles. The monoisotopic (exact) mass is 538 g/mol. The maximum absolute atomic E-state index is 13.4. The van der Waals surface area contributed by atoms with Crippen LogP contribution in [0.3, 0.4) is 0 Å². The van der Waals surface area contributed by atoms with E-state index in [0.717, 1.165) is 38.0 Å². The average Bonchev–Trinajstić information content (AvgIpc) is 3.19. The van der Waals surface area contributed by atoms with E-state index in [0.29, 0.717) is 49.7 Å².